The molecule has 0 bridgehead atoms. The van der Waals surface area contributed by atoms with Crippen LogP contribution in [0.4, 0.5) is 8.78 Å². The molecule has 0 fully saturated rings. The number of aliphatic carboxylic acids is 1. The number of aliphatic hydroxyl groups excluding tert-OH is 1. The van der Waals surface area contributed by atoms with Crippen LogP contribution < -0.4 is 0 Å². The van der Waals surface area contributed by atoms with Gasteiger partial charge >= 0.3 is 5.97 Å². The molecule has 0 aromatic heterocycles. The van der Waals surface area contributed by atoms with Crippen molar-refractivity contribution < 1.29 is 23.8 Å². The third kappa shape index (κ3) is 6.98. The van der Waals surface area contributed by atoms with Gasteiger partial charge in [-0.1, -0.05) is 6.08 Å². The topological polar surface area (TPSA) is 60.8 Å². The van der Waals surface area contributed by atoms with E-state index in [0.717, 1.165) is 0 Å². The fourth-order valence-corrected chi connectivity index (χ4v) is 0.947. The molecule has 0 heterocycles. The molecule has 0 aromatic carbocycles. The van der Waals surface area contributed by atoms with Crippen molar-refractivity contribution in [3.63, 3.8) is 0 Å². The normalized spacial score (nSPS) is 12.5. The van der Waals surface area contributed by atoms with Crippen LogP contribution >= 0.6 is 0 Å². The molecule has 0 aliphatic carbocycles. The number of nitrogens with zero attached hydrogens (tertiary/aromatic N) is 1. The molecule has 0 rings (SSSR count). The molecule has 6 heteroatoms. The Bertz CT molecular complexity index is 231. The molecule has 0 saturated carbocycles. The Hall–Kier alpha value is -1.01. The molecular formula is C9H15F2NO3. The number of aliphatic hydroxyl groups is 1. The largest absolute Gasteiger partial charge is 0.478 e. The van der Waals surface area contributed by atoms with Gasteiger partial charge in [-0.2, -0.15) is 0 Å². The monoisotopic (exact) mass is 223 g/mol. The van der Waals surface area contributed by atoms with Crippen molar-refractivity contribution >= 4 is 5.97 Å². The van der Waals surface area contributed by atoms with Gasteiger partial charge in [0, 0.05) is 18.7 Å². The SMILES string of the molecule is CC(=CCN(CCO)CC(F)F)C(=O)O. The molecule has 0 aromatic rings. The van der Waals surface area contributed by atoms with E-state index in [1.807, 2.05) is 0 Å². The van der Waals surface area contributed by atoms with E-state index in [9.17, 15) is 13.6 Å². The molecule has 0 spiro atoms. The van der Waals surface area contributed by atoms with Crippen LogP contribution in [0, 0.1) is 0 Å². The molecule has 15 heavy (non-hydrogen) atoms. The Balaban J connectivity index is 4.16. The van der Waals surface area contributed by atoms with Crippen LogP contribution in [0.3, 0.4) is 0 Å². The van der Waals surface area contributed by atoms with Crippen LogP contribution in [0.1, 0.15) is 6.92 Å². The number of alkyl halides is 2. The molecule has 0 radical (unpaired) electrons. The molecule has 4 nitrogen and oxygen atoms in total. The summed E-state index contributed by atoms with van der Waals surface area (Å²) < 4.78 is 24.1. The molecule has 2 N–H and O–H groups in total. The van der Waals surface area contributed by atoms with Crippen LogP contribution in [-0.4, -0.2) is 53.7 Å². The van der Waals surface area contributed by atoms with Gasteiger partial charge in [0.25, 0.3) is 6.43 Å². The standard InChI is InChI=1S/C9H15F2NO3/c1-7(9(14)15)2-3-12(4-5-13)6-8(10)11/h2,8,13H,3-6H2,1H3,(H,14,15). The zero-order valence-electron chi connectivity index (χ0n) is 8.49. The predicted octanol–water partition coefficient (Wildman–Crippen LogP) is 0.577. The Morgan fingerprint density at radius 3 is 2.53 bits per heavy atom. The fourth-order valence-electron chi connectivity index (χ4n) is 0.947. The van der Waals surface area contributed by atoms with Crippen LogP contribution in [0.15, 0.2) is 11.6 Å². The average molecular weight is 223 g/mol. The first kappa shape index (κ1) is 14.0. The second-order valence-corrected chi connectivity index (χ2v) is 3.07. The molecular weight excluding hydrogens is 208 g/mol. The Morgan fingerprint density at radius 1 is 1.53 bits per heavy atom. The first-order valence-corrected chi connectivity index (χ1v) is 4.48. The average Bonchev–Trinajstić information content (AvgIpc) is 2.13. The highest BCUT2D eigenvalue weighted by molar-refractivity contribution is 5.85. The molecule has 0 unspecified atom stereocenters. The van der Waals surface area contributed by atoms with E-state index in [1.54, 1.807) is 0 Å². The van der Waals surface area contributed by atoms with Gasteiger partial charge < -0.3 is 10.2 Å². The van der Waals surface area contributed by atoms with Crippen LogP contribution in [0.25, 0.3) is 0 Å². The number of carboxylic acids is 1. The summed E-state index contributed by atoms with van der Waals surface area (Å²) in [5.74, 6) is -1.07. The summed E-state index contributed by atoms with van der Waals surface area (Å²) in [5, 5.41) is 17.1. The summed E-state index contributed by atoms with van der Waals surface area (Å²) in [6.07, 6.45) is -1.14. The number of halogens is 2. The van der Waals surface area contributed by atoms with Gasteiger partial charge in [-0.25, -0.2) is 13.6 Å². The summed E-state index contributed by atoms with van der Waals surface area (Å²) >= 11 is 0. The first-order chi connectivity index (χ1) is 6.97. The van der Waals surface area contributed by atoms with Crippen molar-refractivity contribution in [3.8, 4) is 0 Å². The molecule has 88 valence electrons. The van der Waals surface area contributed by atoms with Crippen molar-refractivity contribution in [1.82, 2.24) is 4.90 Å². The number of rotatable bonds is 7. The van der Waals surface area contributed by atoms with Gasteiger partial charge in [-0.15, -0.1) is 0 Å². The van der Waals surface area contributed by atoms with Crippen molar-refractivity contribution in [1.29, 1.82) is 0 Å². The maximum atomic E-state index is 12.0. The summed E-state index contributed by atoms with van der Waals surface area (Å²) in [6, 6.07) is 0. The second kappa shape index (κ2) is 7.30. The van der Waals surface area contributed by atoms with Gasteiger partial charge in [-0.3, -0.25) is 4.90 Å². The quantitative estimate of drug-likeness (QED) is 0.620. The molecule has 0 aliphatic rings. The lowest BCUT2D eigenvalue weighted by Gasteiger charge is -2.18. The van der Waals surface area contributed by atoms with Gasteiger partial charge in [0.1, 0.15) is 0 Å². The van der Waals surface area contributed by atoms with E-state index < -0.39 is 18.9 Å². The fraction of sp³-hybridized carbons (Fsp3) is 0.667. The van der Waals surface area contributed by atoms with Gasteiger partial charge in [0.2, 0.25) is 0 Å². The third-order valence-corrected chi connectivity index (χ3v) is 1.81. The van der Waals surface area contributed by atoms with E-state index in [1.165, 1.54) is 17.9 Å². The molecule has 0 aliphatic heterocycles. The van der Waals surface area contributed by atoms with E-state index >= 15 is 0 Å². The Labute approximate surface area is 86.8 Å². The van der Waals surface area contributed by atoms with Gasteiger partial charge in [-0.05, 0) is 6.92 Å². The summed E-state index contributed by atoms with van der Waals surface area (Å²) in [5.41, 5.74) is 0.104. The molecule has 0 saturated heterocycles. The second-order valence-electron chi connectivity index (χ2n) is 3.07. The Kier molecular flexibility index (Phi) is 6.81. The number of carboxylic acid groups (broad SMARTS) is 1. The lowest BCUT2D eigenvalue weighted by Crippen LogP contribution is -2.32. The minimum absolute atomic E-state index is 0.100. The minimum Gasteiger partial charge on any atom is -0.478 e. The highest BCUT2D eigenvalue weighted by atomic mass is 19.3. The van der Waals surface area contributed by atoms with Gasteiger partial charge in [0.15, 0.2) is 0 Å². The maximum Gasteiger partial charge on any atom is 0.330 e. The van der Waals surface area contributed by atoms with Crippen molar-refractivity contribution in [3.05, 3.63) is 11.6 Å². The summed E-state index contributed by atoms with van der Waals surface area (Å²) in [4.78, 5) is 11.7. The Morgan fingerprint density at radius 2 is 2.13 bits per heavy atom. The van der Waals surface area contributed by atoms with E-state index in [2.05, 4.69) is 0 Å². The van der Waals surface area contributed by atoms with Crippen molar-refractivity contribution in [2.45, 2.75) is 13.3 Å². The van der Waals surface area contributed by atoms with Crippen LogP contribution in [0.5, 0.6) is 0 Å². The van der Waals surface area contributed by atoms with Crippen LogP contribution in [-0.2, 0) is 4.79 Å². The zero-order valence-corrected chi connectivity index (χ0v) is 8.49. The minimum atomic E-state index is -2.49. The summed E-state index contributed by atoms with van der Waals surface area (Å²) in [6.45, 7) is 0.898. The predicted molar refractivity (Wildman–Crippen MR) is 50.9 cm³/mol. The lowest BCUT2D eigenvalue weighted by molar-refractivity contribution is -0.132. The highest BCUT2D eigenvalue weighted by Crippen LogP contribution is 2.00. The van der Waals surface area contributed by atoms with Gasteiger partial charge in [0.05, 0.1) is 13.2 Å². The lowest BCUT2D eigenvalue weighted by atomic mass is 10.3. The molecule has 0 atom stereocenters. The number of carbonyl (C=O) groups is 1. The van der Waals surface area contributed by atoms with Crippen LogP contribution in [0.2, 0.25) is 0 Å². The third-order valence-electron chi connectivity index (χ3n) is 1.81. The highest BCUT2D eigenvalue weighted by Gasteiger charge is 2.10. The molecule has 0 amide bonds. The summed E-state index contributed by atoms with van der Waals surface area (Å²) in [7, 11) is 0. The first-order valence-electron chi connectivity index (χ1n) is 4.48. The van der Waals surface area contributed by atoms with E-state index in [4.69, 9.17) is 10.2 Å². The van der Waals surface area contributed by atoms with E-state index in [-0.39, 0.29) is 25.3 Å². The van der Waals surface area contributed by atoms with Crippen molar-refractivity contribution in [2.75, 3.05) is 26.2 Å². The smallest absolute Gasteiger partial charge is 0.330 e. The van der Waals surface area contributed by atoms with E-state index in [0.29, 0.717) is 0 Å². The maximum absolute atomic E-state index is 12.0. The van der Waals surface area contributed by atoms with Crippen molar-refractivity contribution in [2.24, 2.45) is 0 Å². The zero-order chi connectivity index (χ0) is 11.8. The number of hydrogen-bond donors (Lipinski definition) is 2. The number of hydrogen-bond acceptors (Lipinski definition) is 3.